The summed E-state index contributed by atoms with van der Waals surface area (Å²) in [7, 11) is 1.70. The molecule has 26 heavy (non-hydrogen) atoms. The van der Waals surface area contributed by atoms with Gasteiger partial charge in [-0.1, -0.05) is 75.1 Å². The van der Waals surface area contributed by atoms with E-state index in [4.69, 9.17) is 9.47 Å². The van der Waals surface area contributed by atoms with Crippen LogP contribution in [-0.2, 0) is 13.0 Å². The topological polar surface area (TPSA) is 30.5 Å². The highest BCUT2D eigenvalue weighted by atomic mass is 16.5. The zero-order valence-electron chi connectivity index (χ0n) is 16.3. The van der Waals surface area contributed by atoms with Gasteiger partial charge in [-0.2, -0.15) is 0 Å². The van der Waals surface area contributed by atoms with Crippen molar-refractivity contribution < 1.29 is 9.47 Å². The number of ether oxygens (including phenoxy) is 2. The SMILES string of the molecule is CCCCCCCOc1c(CNCCc2ccccc2)cccc1OC. The lowest BCUT2D eigenvalue weighted by Crippen LogP contribution is -2.17. The maximum absolute atomic E-state index is 6.09. The van der Waals surface area contributed by atoms with Gasteiger partial charge in [0.25, 0.3) is 0 Å². The Morgan fingerprint density at radius 3 is 2.46 bits per heavy atom. The molecule has 0 spiro atoms. The maximum atomic E-state index is 6.09. The summed E-state index contributed by atoms with van der Waals surface area (Å²) in [5, 5.41) is 3.52. The van der Waals surface area contributed by atoms with Gasteiger partial charge >= 0.3 is 0 Å². The van der Waals surface area contributed by atoms with Crippen LogP contribution in [-0.4, -0.2) is 20.3 Å². The fourth-order valence-corrected chi connectivity index (χ4v) is 3.01. The van der Waals surface area contributed by atoms with Crippen molar-refractivity contribution in [3.05, 3.63) is 59.7 Å². The Morgan fingerprint density at radius 2 is 1.69 bits per heavy atom. The molecule has 0 radical (unpaired) electrons. The van der Waals surface area contributed by atoms with Gasteiger partial charge in [-0.25, -0.2) is 0 Å². The molecule has 2 rings (SSSR count). The number of para-hydroxylation sites is 1. The number of methoxy groups -OCH3 is 1. The van der Waals surface area contributed by atoms with Crippen LogP contribution in [0.1, 0.15) is 50.2 Å². The summed E-state index contributed by atoms with van der Waals surface area (Å²) < 4.78 is 11.6. The molecule has 0 atom stereocenters. The molecule has 3 heteroatoms. The van der Waals surface area contributed by atoms with Gasteiger partial charge in [-0.15, -0.1) is 0 Å². The number of benzene rings is 2. The van der Waals surface area contributed by atoms with Gasteiger partial charge in [0.15, 0.2) is 11.5 Å². The Morgan fingerprint density at radius 1 is 0.885 bits per heavy atom. The van der Waals surface area contributed by atoms with E-state index in [0.717, 1.165) is 49.6 Å². The predicted octanol–water partition coefficient (Wildman–Crippen LogP) is 5.38. The number of hydrogen-bond donors (Lipinski definition) is 1. The Kier molecular flexibility index (Phi) is 9.66. The summed E-state index contributed by atoms with van der Waals surface area (Å²) in [6.07, 6.45) is 7.22. The second kappa shape index (κ2) is 12.4. The largest absolute Gasteiger partial charge is 0.493 e. The van der Waals surface area contributed by atoms with Gasteiger partial charge in [0, 0.05) is 12.1 Å². The third kappa shape index (κ3) is 7.09. The van der Waals surface area contributed by atoms with Gasteiger partial charge in [-0.05, 0) is 31.0 Å². The first kappa shape index (κ1) is 20.3. The van der Waals surface area contributed by atoms with Gasteiger partial charge < -0.3 is 14.8 Å². The predicted molar refractivity (Wildman–Crippen MR) is 109 cm³/mol. The monoisotopic (exact) mass is 355 g/mol. The van der Waals surface area contributed by atoms with Gasteiger partial charge in [-0.3, -0.25) is 0 Å². The average molecular weight is 356 g/mol. The molecule has 0 aliphatic carbocycles. The Bertz CT molecular complexity index is 613. The van der Waals surface area contributed by atoms with Gasteiger partial charge in [0.1, 0.15) is 0 Å². The highest BCUT2D eigenvalue weighted by Gasteiger charge is 2.10. The molecule has 2 aromatic carbocycles. The number of nitrogens with one attached hydrogen (secondary N) is 1. The van der Waals surface area contributed by atoms with E-state index >= 15 is 0 Å². The summed E-state index contributed by atoms with van der Waals surface area (Å²) in [6.45, 7) is 4.72. The lowest BCUT2D eigenvalue weighted by Gasteiger charge is -2.15. The van der Waals surface area contributed by atoms with E-state index < -0.39 is 0 Å². The molecule has 0 bridgehead atoms. The molecule has 2 aromatic rings. The van der Waals surface area contributed by atoms with Crippen LogP contribution >= 0.6 is 0 Å². The smallest absolute Gasteiger partial charge is 0.165 e. The molecule has 0 unspecified atom stereocenters. The second-order valence-corrected chi connectivity index (χ2v) is 6.62. The first-order chi connectivity index (χ1) is 12.8. The third-order valence-corrected chi connectivity index (χ3v) is 4.52. The van der Waals surface area contributed by atoms with Crippen LogP contribution < -0.4 is 14.8 Å². The maximum Gasteiger partial charge on any atom is 0.165 e. The van der Waals surface area contributed by atoms with Gasteiger partial charge in [0.05, 0.1) is 13.7 Å². The zero-order chi connectivity index (χ0) is 18.5. The van der Waals surface area contributed by atoms with E-state index in [0.29, 0.717) is 0 Å². The van der Waals surface area contributed by atoms with Crippen LogP contribution in [0.2, 0.25) is 0 Å². The quantitative estimate of drug-likeness (QED) is 0.490. The van der Waals surface area contributed by atoms with Crippen LogP contribution in [0.3, 0.4) is 0 Å². The molecule has 0 amide bonds. The minimum atomic E-state index is 0.751. The van der Waals surface area contributed by atoms with Crippen LogP contribution in [0, 0.1) is 0 Å². The molecule has 0 aliphatic rings. The summed E-state index contributed by atoms with van der Waals surface area (Å²) >= 11 is 0. The van der Waals surface area contributed by atoms with Crippen molar-refractivity contribution in [2.24, 2.45) is 0 Å². The summed E-state index contributed by atoms with van der Waals surface area (Å²) in [6, 6.07) is 16.7. The fourth-order valence-electron chi connectivity index (χ4n) is 3.01. The molecule has 142 valence electrons. The van der Waals surface area contributed by atoms with Crippen molar-refractivity contribution in [1.29, 1.82) is 0 Å². The number of unbranched alkanes of at least 4 members (excludes halogenated alkanes) is 4. The molecular weight excluding hydrogens is 322 g/mol. The molecule has 0 heterocycles. The van der Waals surface area contributed by atoms with Crippen molar-refractivity contribution in [1.82, 2.24) is 5.32 Å². The summed E-state index contributed by atoms with van der Waals surface area (Å²) in [5.41, 5.74) is 2.51. The van der Waals surface area contributed by atoms with E-state index in [-0.39, 0.29) is 0 Å². The summed E-state index contributed by atoms with van der Waals surface area (Å²) in [5.74, 6) is 1.71. The molecule has 0 saturated carbocycles. The molecule has 0 aromatic heterocycles. The zero-order valence-corrected chi connectivity index (χ0v) is 16.3. The van der Waals surface area contributed by atoms with E-state index in [1.54, 1.807) is 7.11 Å². The van der Waals surface area contributed by atoms with Crippen molar-refractivity contribution in [2.75, 3.05) is 20.3 Å². The van der Waals surface area contributed by atoms with Crippen molar-refractivity contribution in [2.45, 2.75) is 52.0 Å². The lowest BCUT2D eigenvalue weighted by molar-refractivity contribution is 0.281. The van der Waals surface area contributed by atoms with Crippen LogP contribution in [0.4, 0.5) is 0 Å². The first-order valence-corrected chi connectivity index (χ1v) is 9.88. The molecule has 0 fully saturated rings. The third-order valence-electron chi connectivity index (χ3n) is 4.52. The molecule has 1 N–H and O–H groups in total. The first-order valence-electron chi connectivity index (χ1n) is 9.88. The summed E-state index contributed by atoms with van der Waals surface area (Å²) in [4.78, 5) is 0. The normalized spacial score (nSPS) is 10.7. The minimum Gasteiger partial charge on any atom is -0.493 e. The van der Waals surface area contributed by atoms with Crippen LogP contribution in [0.5, 0.6) is 11.5 Å². The fraction of sp³-hybridized carbons (Fsp3) is 0.478. The van der Waals surface area contributed by atoms with Crippen molar-refractivity contribution in [3.63, 3.8) is 0 Å². The molecule has 0 saturated heterocycles. The molecular formula is C23H33NO2. The Balaban J connectivity index is 1.82. The minimum absolute atomic E-state index is 0.751. The number of hydrogen-bond acceptors (Lipinski definition) is 3. The van der Waals surface area contributed by atoms with E-state index in [1.165, 1.54) is 31.2 Å². The van der Waals surface area contributed by atoms with E-state index in [1.807, 2.05) is 12.1 Å². The van der Waals surface area contributed by atoms with E-state index in [2.05, 4.69) is 48.6 Å². The Hall–Kier alpha value is -2.00. The second-order valence-electron chi connectivity index (χ2n) is 6.62. The van der Waals surface area contributed by atoms with Crippen LogP contribution in [0.15, 0.2) is 48.5 Å². The van der Waals surface area contributed by atoms with Crippen molar-refractivity contribution >= 4 is 0 Å². The lowest BCUT2D eigenvalue weighted by atomic mass is 10.1. The number of rotatable bonds is 13. The highest BCUT2D eigenvalue weighted by Crippen LogP contribution is 2.31. The van der Waals surface area contributed by atoms with E-state index in [9.17, 15) is 0 Å². The standard InChI is InChI=1S/C23H33NO2/c1-3-4-5-6-10-18-26-23-21(14-11-15-22(23)25-2)19-24-17-16-20-12-8-7-9-13-20/h7-9,11-15,24H,3-6,10,16-19H2,1-2H3. The molecule has 0 aliphatic heterocycles. The Labute approximate surface area is 158 Å². The average Bonchev–Trinajstić information content (AvgIpc) is 2.69. The van der Waals surface area contributed by atoms with Crippen LogP contribution in [0.25, 0.3) is 0 Å². The molecule has 3 nitrogen and oxygen atoms in total. The van der Waals surface area contributed by atoms with Gasteiger partial charge in [0.2, 0.25) is 0 Å². The van der Waals surface area contributed by atoms with Crippen molar-refractivity contribution in [3.8, 4) is 11.5 Å². The highest BCUT2D eigenvalue weighted by molar-refractivity contribution is 5.46.